The Labute approximate surface area is 85.3 Å². The predicted octanol–water partition coefficient (Wildman–Crippen LogP) is 2.20. The molecule has 1 aromatic rings. The molecule has 0 saturated heterocycles. The van der Waals surface area contributed by atoms with Gasteiger partial charge in [0, 0.05) is 11.3 Å². The molecule has 3 nitrogen and oxygen atoms in total. The number of amides is 1. The van der Waals surface area contributed by atoms with Gasteiger partial charge in [-0.2, -0.15) is 4.37 Å². The normalized spacial score (nSPS) is 15.8. The van der Waals surface area contributed by atoms with Crippen LogP contribution in [-0.2, 0) is 4.79 Å². The number of nitrogens with one attached hydrogen (secondary N) is 1. The number of anilines is 1. The van der Waals surface area contributed by atoms with Crippen molar-refractivity contribution in [1.29, 1.82) is 0 Å². The van der Waals surface area contributed by atoms with E-state index >= 15 is 0 Å². The van der Waals surface area contributed by atoms with E-state index in [1.807, 2.05) is 5.38 Å². The third-order valence-corrected chi connectivity index (χ3v) is 2.84. The van der Waals surface area contributed by atoms with Gasteiger partial charge in [0.15, 0.2) is 0 Å². The Morgan fingerprint density at radius 3 is 3.15 bits per heavy atom. The second-order valence-corrected chi connectivity index (χ2v) is 3.97. The molecular formula is C8H9ClN2OS. The number of hydrogen-bond acceptors (Lipinski definition) is 3. The molecule has 13 heavy (non-hydrogen) atoms. The number of rotatable bonds is 3. The van der Waals surface area contributed by atoms with E-state index < -0.39 is 0 Å². The fourth-order valence-electron chi connectivity index (χ4n) is 1.17. The molecule has 1 N–H and O–H groups in total. The lowest BCUT2D eigenvalue weighted by Gasteiger charge is -2.01. The maximum Gasteiger partial charge on any atom is 0.239 e. The molecule has 1 fully saturated rings. The fourth-order valence-corrected chi connectivity index (χ4v) is 1.94. The number of aromatic nitrogens is 1. The van der Waals surface area contributed by atoms with Crippen molar-refractivity contribution in [3.8, 4) is 0 Å². The molecule has 5 heteroatoms. The number of halogens is 1. The van der Waals surface area contributed by atoms with Gasteiger partial charge in [-0.25, -0.2) is 0 Å². The Morgan fingerprint density at radius 1 is 1.77 bits per heavy atom. The van der Waals surface area contributed by atoms with E-state index in [9.17, 15) is 4.79 Å². The van der Waals surface area contributed by atoms with Crippen LogP contribution < -0.4 is 5.32 Å². The van der Waals surface area contributed by atoms with Gasteiger partial charge in [0.25, 0.3) is 0 Å². The number of carbonyl (C=O) groups excluding carboxylic acids is 1. The summed E-state index contributed by atoms with van der Waals surface area (Å²) >= 11 is 6.77. The maximum absolute atomic E-state index is 11.0. The zero-order valence-corrected chi connectivity index (χ0v) is 8.49. The second kappa shape index (κ2) is 3.64. The van der Waals surface area contributed by atoms with Crippen LogP contribution in [0.15, 0.2) is 5.38 Å². The molecule has 2 rings (SSSR count). The molecule has 1 heterocycles. The van der Waals surface area contributed by atoms with Crippen LogP contribution in [0, 0.1) is 0 Å². The zero-order chi connectivity index (χ0) is 9.26. The van der Waals surface area contributed by atoms with E-state index in [2.05, 4.69) is 9.69 Å². The molecule has 1 aromatic heterocycles. The smallest absolute Gasteiger partial charge is 0.239 e. The summed E-state index contributed by atoms with van der Waals surface area (Å²) in [5, 5.41) is 4.60. The Kier molecular flexibility index (Phi) is 2.51. The van der Waals surface area contributed by atoms with Crippen LogP contribution in [0.4, 0.5) is 5.69 Å². The molecule has 1 amide bonds. The van der Waals surface area contributed by atoms with E-state index in [1.54, 1.807) is 0 Å². The monoisotopic (exact) mass is 216 g/mol. The molecule has 70 valence electrons. The molecule has 1 aliphatic carbocycles. The van der Waals surface area contributed by atoms with E-state index in [0.29, 0.717) is 5.92 Å². The van der Waals surface area contributed by atoms with Gasteiger partial charge in [-0.15, -0.1) is 11.6 Å². The molecule has 0 radical (unpaired) electrons. The van der Waals surface area contributed by atoms with Gasteiger partial charge in [-0.05, 0) is 24.4 Å². The van der Waals surface area contributed by atoms with Crippen molar-refractivity contribution >= 4 is 34.7 Å². The summed E-state index contributed by atoms with van der Waals surface area (Å²) in [4.78, 5) is 11.0. The highest BCUT2D eigenvalue weighted by molar-refractivity contribution is 7.04. The fraction of sp³-hybridized carbons (Fsp3) is 0.500. The summed E-state index contributed by atoms with van der Waals surface area (Å²) in [5.41, 5.74) is 1.88. The van der Waals surface area contributed by atoms with Crippen molar-refractivity contribution in [2.45, 2.75) is 18.8 Å². The van der Waals surface area contributed by atoms with Gasteiger partial charge in [-0.3, -0.25) is 4.79 Å². The van der Waals surface area contributed by atoms with Crippen LogP contribution in [0.25, 0.3) is 0 Å². The molecule has 0 spiro atoms. The average Bonchev–Trinajstić information content (AvgIpc) is 2.88. The van der Waals surface area contributed by atoms with Crippen LogP contribution in [0.3, 0.4) is 0 Å². The SMILES string of the molecule is O=C(CCl)Nc1csnc1C1CC1. The number of hydrogen-bond donors (Lipinski definition) is 1. The van der Waals surface area contributed by atoms with Crippen LogP contribution in [0.2, 0.25) is 0 Å². The third-order valence-electron chi connectivity index (χ3n) is 1.96. The van der Waals surface area contributed by atoms with Gasteiger partial charge in [-0.1, -0.05) is 0 Å². The molecule has 0 aromatic carbocycles. The molecule has 0 aliphatic heterocycles. The molecule has 0 bridgehead atoms. The van der Waals surface area contributed by atoms with Gasteiger partial charge >= 0.3 is 0 Å². The van der Waals surface area contributed by atoms with Gasteiger partial charge in [0.1, 0.15) is 5.88 Å². The summed E-state index contributed by atoms with van der Waals surface area (Å²) in [7, 11) is 0. The van der Waals surface area contributed by atoms with Crippen molar-refractivity contribution in [3.05, 3.63) is 11.1 Å². The Morgan fingerprint density at radius 2 is 2.54 bits per heavy atom. The van der Waals surface area contributed by atoms with Crippen molar-refractivity contribution < 1.29 is 4.79 Å². The van der Waals surface area contributed by atoms with Crippen molar-refractivity contribution in [3.63, 3.8) is 0 Å². The molecule has 1 saturated carbocycles. The maximum atomic E-state index is 11.0. The van der Waals surface area contributed by atoms with Crippen molar-refractivity contribution in [1.82, 2.24) is 4.37 Å². The summed E-state index contributed by atoms with van der Waals surface area (Å²) < 4.78 is 4.25. The summed E-state index contributed by atoms with van der Waals surface area (Å²) in [5.74, 6) is 0.403. The number of alkyl halides is 1. The minimum Gasteiger partial charge on any atom is -0.323 e. The minimum atomic E-state index is -0.163. The minimum absolute atomic E-state index is 0.0000463. The largest absolute Gasteiger partial charge is 0.323 e. The first-order valence-corrected chi connectivity index (χ1v) is 5.48. The lowest BCUT2D eigenvalue weighted by atomic mass is 10.2. The summed E-state index contributed by atoms with van der Waals surface area (Å²) in [6.45, 7) is 0. The second-order valence-electron chi connectivity index (χ2n) is 3.07. The number of carbonyl (C=O) groups is 1. The molecular weight excluding hydrogens is 208 g/mol. The third kappa shape index (κ3) is 2.00. The van der Waals surface area contributed by atoms with E-state index in [0.717, 1.165) is 11.4 Å². The van der Waals surface area contributed by atoms with Gasteiger partial charge in [0.05, 0.1) is 11.4 Å². The molecule has 1 aliphatic rings. The van der Waals surface area contributed by atoms with Crippen molar-refractivity contribution in [2.24, 2.45) is 0 Å². The highest BCUT2D eigenvalue weighted by atomic mass is 35.5. The zero-order valence-electron chi connectivity index (χ0n) is 6.92. The lowest BCUT2D eigenvalue weighted by molar-refractivity contribution is -0.113. The quantitative estimate of drug-likeness (QED) is 0.788. The first-order chi connectivity index (χ1) is 6.31. The Bertz CT molecular complexity index is 322. The van der Waals surface area contributed by atoms with Crippen molar-refractivity contribution in [2.75, 3.05) is 11.2 Å². The van der Waals surface area contributed by atoms with Crippen LogP contribution in [0.5, 0.6) is 0 Å². The topological polar surface area (TPSA) is 42.0 Å². The molecule has 0 atom stereocenters. The lowest BCUT2D eigenvalue weighted by Crippen LogP contribution is -2.13. The molecule has 0 unspecified atom stereocenters. The summed E-state index contributed by atoms with van der Waals surface area (Å²) in [6, 6.07) is 0. The van der Waals surface area contributed by atoms with Crippen LogP contribution >= 0.6 is 23.1 Å². The highest BCUT2D eigenvalue weighted by Crippen LogP contribution is 2.43. The number of nitrogens with zero attached hydrogens (tertiary/aromatic N) is 1. The standard InChI is InChI=1S/C8H9ClN2OS/c9-3-7(12)10-6-4-13-11-8(6)5-1-2-5/h4-5H,1-3H2,(H,10,12). The Balaban J connectivity index is 2.10. The van der Waals surface area contributed by atoms with Crippen LogP contribution in [-0.4, -0.2) is 16.2 Å². The van der Waals surface area contributed by atoms with E-state index in [1.165, 1.54) is 24.4 Å². The van der Waals surface area contributed by atoms with E-state index in [4.69, 9.17) is 11.6 Å². The van der Waals surface area contributed by atoms with Gasteiger partial charge < -0.3 is 5.32 Å². The van der Waals surface area contributed by atoms with Gasteiger partial charge in [0.2, 0.25) is 5.91 Å². The highest BCUT2D eigenvalue weighted by Gasteiger charge is 2.28. The first kappa shape index (κ1) is 8.97. The Hall–Kier alpha value is -0.610. The average molecular weight is 217 g/mol. The summed E-state index contributed by atoms with van der Waals surface area (Å²) in [6.07, 6.45) is 2.38. The predicted molar refractivity (Wildman–Crippen MR) is 53.4 cm³/mol. The van der Waals surface area contributed by atoms with Crippen LogP contribution in [0.1, 0.15) is 24.5 Å². The van der Waals surface area contributed by atoms with E-state index in [-0.39, 0.29) is 11.8 Å². The first-order valence-electron chi connectivity index (χ1n) is 4.11.